The van der Waals surface area contributed by atoms with Gasteiger partial charge in [-0.2, -0.15) is 0 Å². The van der Waals surface area contributed by atoms with E-state index in [2.05, 4.69) is 5.32 Å². The first-order chi connectivity index (χ1) is 13.5. The van der Waals surface area contributed by atoms with Crippen molar-refractivity contribution in [2.24, 2.45) is 0 Å². The smallest absolute Gasteiger partial charge is 0.317 e. The number of hydrogen-bond donors (Lipinski definition) is 5. The van der Waals surface area contributed by atoms with Crippen molar-refractivity contribution < 1.29 is 44.4 Å². The summed E-state index contributed by atoms with van der Waals surface area (Å²) in [6.07, 6.45) is 0.357. The maximum Gasteiger partial charge on any atom is 0.317 e. The Balaban J connectivity index is 4.82. The third-order valence-electron chi connectivity index (χ3n) is 3.76. The zero-order chi connectivity index (χ0) is 22.4. The second-order valence-electron chi connectivity index (χ2n) is 6.30. The highest BCUT2D eigenvalue weighted by Crippen LogP contribution is 1.99. The van der Waals surface area contributed by atoms with Gasteiger partial charge in [0, 0.05) is 26.7 Å². The number of aliphatic carboxylic acids is 4. The normalized spacial score (nSPS) is 11.0. The second kappa shape index (κ2) is 14.3. The van der Waals surface area contributed by atoms with Crippen molar-refractivity contribution >= 4 is 29.8 Å². The first-order valence-electron chi connectivity index (χ1n) is 8.78. The zero-order valence-corrected chi connectivity index (χ0v) is 16.2. The lowest BCUT2D eigenvalue weighted by atomic mass is 10.3. The predicted octanol–water partition coefficient (Wildman–Crippen LogP) is -2.63. The van der Waals surface area contributed by atoms with E-state index in [1.807, 2.05) is 0 Å². The Morgan fingerprint density at radius 2 is 0.931 bits per heavy atom. The van der Waals surface area contributed by atoms with Crippen LogP contribution in [0.3, 0.4) is 0 Å². The van der Waals surface area contributed by atoms with Crippen LogP contribution in [0.5, 0.6) is 0 Å². The van der Waals surface area contributed by atoms with E-state index in [1.165, 1.54) is 16.8 Å². The molecule has 13 nitrogen and oxygen atoms in total. The highest BCUT2D eigenvalue weighted by Gasteiger charge is 2.18. The minimum absolute atomic E-state index is 0.0255. The lowest BCUT2D eigenvalue weighted by molar-refractivity contribution is -0.144. The Labute approximate surface area is 167 Å². The van der Waals surface area contributed by atoms with E-state index in [1.54, 1.807) is 4.90 Å². The van der Waals surface area contributed by atoms with Crippen LogP contribution >= 0.6 is 0 Å². The zero-order valence-electron chi connectivity index (χ0n) is 16.2. The number of nitrogens with zero attached hydrogens (tertiary/aromatic N) is 3. The van der Waals surface area contributed by atoms with Gasteiger partial charge in [-0.1, -0.05) is 0 Å². The van der Waals surface area contributed by atoms with E-state index < -0.39 is 50.1 Å². The number of carboxylic acids is 4. The number of amides is 1. The molecule has 0 radical (unpaired) electrons. The minimum atomic E-state index is -1.18. The molecule has 0 fully saturated rings. The summed E-state index contributed by atoms with van der Waals surface area (Å²) in [6.45, 7) is -1.08. The van der Waals surface area contributed by atoms with E-state index in [4.69, 9.17) is 20.4 Å². The van der Waals surface area contributed by atoms with E-state index in [0.29, 0.717) is 13.0 Å². The number of carbonyl (C=O) groups excluding carboxylic acids is 1. The molecule has 0 aromatic carbocycles. The molecule has 0 bridgehead atoms. The first kappa shape index (κ1) is 26.2. The van der Waals surface area contributed by atoms with Gasteiger partial charge in [-0.25, -0.2) is 0 Å². The lowest BCUT2D eigenvalue weighted by Gasteiger charge is -2.26. The van der Waals surface area contributed by atoms with Crippen molar-refractivity contribution in [2.75, 3.05) is 66.0 Å². The van der Waals surface area contributed by atoms with Crippen LogP contribution in [-0.2, 0) is 24.0 Å². The van der Waals surface area contributed by atoms with Crippen LogP contribution in [-0.4, -0.2) is 131 Å². The van der Waals surface area contributed by atoms with Crippen LogP contribution < -0.4 is 5.32 Å². The highest BCUT2D eigenvalue weighted by atomic mass is 16.4. The predicted molar refractivity (Wildman–Crippen MR) is 98.5 cm³/mol. The van der Waals surface area contributed by atoms with Crippen molar-refractivity contribution in [1.82, 2.24) is 20.0 Å². The number of nitrogens with one attached hydrogen (secondary N) is 1. The van der Waals surface area contributed by atoms with Gasteiger partial charge in [0.25, 0.3) is 0 Å². The summed E-state index contributed by atoms with van der Waals surface area (Å²) in [5.41, 5.74) is 0. The maximum absolute atomic E-state index is 11.7. The van der Waals surface area contributed by atoms with Crippen LogP contribution in [0.15, 0.2) is 0 Å². The molecule has 0 aromatic rings. The fourth-order valence-electron chi connectivity index (χ4n) is 2.55. The lowest BCUT2D eigenvalue weighted by Crippen LogP contribution is -2.44. The van der Waals surface area contributed by atoms with Crippen LogP contribution in [0.1, 0.15) is 6.42 Å². The van der Waals surface area contributed by atoms with Crippen molar-refractivity contribution in [3.63, 3.8) is 0 Å². The van der Waals surface area contributed by atoms with Crippen molar-refractivity contribution in [1.29, 1.82) is 0 Å². The third-order valence-corrected chi connectivity index (χ3v) is 3.76. The van der Waals surface area contributed by atoms with Gasteiger partial charge in [-0.05, 0) is 13.0 Å². The highest BCUT2D eigenvalue weighted by molar-refractivity contribution is 5.77. The number of likely N-dealkylation sites (N-methyl/N-ethyl adjacent to an activating group) is 1. The van der Waals surface area contributed by atoms with Gasteiger partial charge in [0.2, 0.25) is 5.91 Å². The monoisotopic (exact) mass is 420 g/mol. The molecule has 0 heterocycles. The fraction of sp³-hybridized carbons (Fsp3) is 0.688. The summed E-state index contributed by atoms with van der Waals surface area (Å²) in [6, 6.07) is 0. The molecule has 166 valence electrons. The Morgan fingerprint density at radius 1 is 0.586 bits per heavy atom. The van der Waals surface area contributed by atoms with Crippen molar-refractivity contribution in [3.05, 3.63) is 0 Å². The molecule has 0 aliphatic carbocycles. The molecule has 13 heteroatoms. The molecule has 0 saturated carbocycles. The molecule has 0 rings (SSSR count). The average molecular weight is 420 g/mol. The SMILES string of the molecule is CNC(=O)CN(CCCN(CC(=O)O)CC(=O)O)CCN(CC(=O)O)CC(=O)O. The molecule has 5 N–H and O–H groups in total. The summed E-state index contributed by atoms with van der Waals surface area (Å²) in [4.78, 5) is 59.2. The molecule has 1 amide bonds. The summed E-state index contributed by atoms with van der Waals surface area (Å²) in [5.74, 6) is -4.98. The van der Waals surface area contributed by atoms with Crippen LogP contribution in [0.2, 0.25) is 0 Å². The van der Waals surface area contributed by atoms with Gasteiger partial charge in [-0.3, -0.25) is 38.7 Å². The Kier molecular flexibility index (Phi) is 12.9. The molecule has 0 aliphatic rings. The third kappa shape index (κ3) is 14.9. The molecular formula is C16H28N4O9. The Morgan fingerprint density at radius 3 is 1.31 bits per heavy atom. The number of rotatable bonds is 17. The summed E-state index contributed by atoms with van der Waals surface area (Å²) in [7, 11) is 1.45. The van der Waals surface area contributed by atoms with Crippen molar-refractivity contribution in [2.45, 2.75) is 6.42 Å². The first-order valence-corrected chi connectivity index (χ1v) is 8.78. The number of carboxylic acid groups (broad SMARTS) is 4. The molecule has 29 heavy (non-hydrogen) atoms. The molecule has 0 aliphatic heterocycles. The van der Waals surface area contributed by atoms with Gasteiger partial charge in [-0.15, -0.1) is 0 Å². The quantitative estimate of drug-likeness (QED) is 0.165. The molecular weight excluding hydrogens is 392 g/mol. The Hall–Kier alpha value is -2.77. The van der Waals surface area contributed by atoms with E-state index in [0.717, 1.165) is 0 Å². The maximum atomic E-state index is 11.7. The van der Waals surface area contributed by atoms with Gasteiger partial charge >= 0.3 is 23.9 Å². The van der Waals surface area contributed by atoms with E-state index >= 15 is 0 Å². The van der Waals surface area contributed by atoms with Gasteiger partial charge in [0.15, 0.2) is 0 Å². The topological polar surface area (TPSA) is 188 Å². The van der Waals surface area contributed by atoms with Crippen LogP contribution in [0, 0.1) is 0 Å². The average Bonchev–Trinajstić information content (AvgIpc) is 2.56. The van der Waals surface area contributed by atoms with E-state index in [9.17, 15) is 24.0 Å². The number of hydrogen-bond acceptors (Lipinski definition) is 8. The summed E-state index contributed by atoms with van der Waals surface area (Å²) < 4.78 is 0. The summed E-state index contributed by atoms with van der Waals surface area (Å²) >= 11 is 0. The molecule has 0 atom stereocenters. The number of carbonyl (C=O) groups is 5. The van der Waals surface area contributed by atoms with Crippen LogP contribution in [0.25, 0.3) is 0 Å². The largest absolute Gasteiger partial charge is 0.480 e. The minimum Gasteiger partial charge on any atom is -0.480 e. The summed E-state index contributed by atoms with van der Waals surface area (Å²) in [5, 5.41) is 37.9. The standard InChI is InChI=1S/C16H28N4O9/c1-17-12(21)7-18(5-6-20(10-15(26)27)11-16(28)29)3-2-4-19(8-13(22)23)9-14(24)25/h2-11H2,1H3,(H,17,21)(H,22,23)(H,24,25)(H,26,27)(H,28,29). The van der Waals surface area contributed by atoms with E-state index in [-0.39, 0.29) is 32.1 Å². The van der Waals surface area contributed by atoms with Crippen LogP contribution in [0.4, 0.5) is 0 Å². The van der Waals surface area contributed by atoms with Crippen molar-refractivity contribution in [3.8, 4) is 0 Å². The fourth-order valence-corrected chi connectivity index (χ4v) is 2.55. The molecule has 0 saturated heterocycles. The molecule has 0 aromatic heterocycles. The molecule has 0 spiro atoms. The second-order valence-corrected chi connectivity index (χ2v) is 6.30. The Bertz CT molecular complexity index is 553. The van der Waals surface area contributed by atoms with Gasteiger partial charge < -0.3 is 25.7 Å². The van der Waals surface area contributed by atoms with Gasteiger partial charge in [0.05, 0.1) is 32.7 Å². The molecule has 0 unspecified atom stereocenters. The van der Waals surface area contributed by atoms with Gasteiger partial charge in [0.1, 0.15) is 0 Å².